The fraction of sp³-hybridized carbons (Fsp3) is 0.400. The first kappa shape index (κ1) is 8.99. The van der Waals surface area contributed by atoms with Crippen molar-refractivity contribution in [1.82, 2.24) is 14.5 Å². The average Bonchev–Trinajstić information content (AvgIpc) is 2.47. The van der Waals surface area contributed by atoms with Gasteiger partial charge in [-0.05, 0) is 26.8 Å². The molecule has 0 radical (unpaired) electrons. The van der Waals surface area contributed by atoms with Crippen LogP contribution >= 0.6 is 0 Å². The third kappa shape index (κ3) is 1.23. The van der Waals surface area contributed by atoms with E-state index in [9.17, 15) is 4.79 Å². The van der Waals surface area contributed by atoms with Crippen LogP contribution < -0.4 is 5.56 Å². The maximum atomic E-state index is 11.4. The van der Waals surface area contributed by atoms with Crippen LogP contribution in [-0.4, -0.2) is 14.5 Å². The lowest BCUT2D eigenvalue weighted by molar-refractivity contribution is 0.408. The highest BCUT2D eigenvalue weighted by Crippen LogP contribution is 2.19. The molecule has 0 fully saturated rings. The fourth-order valence-corrected chi connectivity index (χ4v) is 1.50. The van der Waals surface area contributed by atoms with Gasteiger partial charge >= 0.3 is 0 Å². The molecule has 0 amide bonds. The summed E-state index contributed by atoms with van der Waals surface area (Å²) in [6.07, 6.45) is 3.33. The minimum Gasteiger partial charge on any atom is -0.327 e. The number of nitrogens with one attached hydrogen (secondary N) is 1. The number of H-pyrrole nitrogens is 1. The van der Waals surface area contributed by atoms with E-state index in [1.54, 1.807) is 6.07 Å². The molecule has 0 spiro atoms. The number of fused-ring (bicyclic) bond motifs is 1. The number of rotatable bonds is 0. The fourth-order valence-electron chi connectivity index (χ4n) is 1.50. The van der Waals surface area contributed by atoms with Crippen molar-refractivity contribution in [3.63, 3.8) is 0 Å². The number of aromatic amines is 1. The van der Waals surface area contributed by atoms with Crippen molar-refractivity contribution in [2.75, 3.05) is 0 Å². The summed E-state index contributed by atoms with van der Waals surface area (Å²) < 4.78 is 2.00. The molecule has 1 N–H and O–H groups in total. The maximum absolute atomic E-state index is 11.4. The van der Waals surface area contributed by atoms with Gasteiger partial charge in [-0.3, -0.25) is 4.79 Å². The molecule has 2 rings (SSSR count). The third-order valence-electron chi connectivity index (χ3n) is 2.21. The van der Waals surface area contributed by atoms with E-state index in [0.29, 0.717) is 5.39 Å². The van der Waals surface area contributed by atoms with Crippen molar-refractivity contribution in [3.8, 4) is 0 Å². The van der Waals surface area contributed by atoms with Gasteiger partial charge in [-0.15, -0.1) is 0 Å². The predicted octanol–water partition coefficient (Wildman–Crippen LogP) is 1.48. The summed E-state index contributed by atoms with van der Waals surface area (Å²) >= 11 is 0. The minimum absolute atomic E-state index is 0.0530. The highest BCUT2D eigenvalue weighted by Gasteiger charge is 2.16. The molecule has 2 heterocycles. The Hall–Kier alpha value is -1.58. The Balaban J connectivity index is 2.83. The number of aromatic nitrogens is 3. The van der Waals surface area contributed by atoms with Crippen molar-refractivity contribution in [2.45, 2.75) is 26.3 Å². The summed E-state index contributed by atoms with van der Waals surface area (Å²) in [6.45, 7) is 6.24. The summed E-state index contributed by atoms with van der Waals surface area (Å²) in [6, 6.07) is 1.80. The van der Waals surface area contributed by atoms with Gasteiger partial charge in [-0.25, -0.2) is 4.98 Å². The van der Waals surface area contributed by atoms with Crippen molar-refractivity contribution in [3.05, 3.63) is 28.9 Å². The van der Waals surface area contributed by atoms with E-state index in [1.807, 2.05) is 10.8 Å². The summed E-state index contributed by atoms with van der Waals surface area (Å²) in [5.41, 5.74) is 0.599. The van der Waals surface area contributed by atoms with Crippen LogP contribution in [0.15, 0.2) is 23.4 Å². The normalized spacial score (nSPS) is 12.2. The molecule has 0 aliphatic rings. The van der Waals surface area contributed by atoms with Crippen LogP contribution in [0.2, 0.25) is 0 Å². The Labute approximate surface area is 81.6 Å². The van der Waals surface area contributed by atoms with Crippen LogP contribution in [0.5, 0.6) is 0 Å². The molecule has 0 atom stereocenters. The molecule has 0 aliphatic heterocycles. The van der Waals surface area contributed by atoms with E-state index < -0.39 is 0 Å². The van der Waals surface area contributed by atoms with E-state index >= 15 is 0 Å². The van der Waals surface area contributed by atoms with Crippen LogP contribution in [0.3, 0.4) is 0 Å². The summed E-state index contributed by atoms with van der Waals surface area (Å²) in [5.74, 6) is 0. The lowest BCUT2D eigenvalue weighted by Crippen LogP contribution is -2.21. The second-order valence-corrected chi connectivity index (χ2v) is 4.33. The van der Waals surface area contributed by atoms with Gasteiger partial charge in [0.15, 0.2) is 0 Å². The molecule has 14 heavy (non-hydrogen) atoms. The number of hydrogen-bond donors (Lipinski definition) is 1. The molecule has 0 unspecified atom stereocenters. The molecular formula is C10H13N3O. The zero-order chi connectivity index (χ0) is 10.3. The molecule has 4 nitrogen and oxygen atoms in total. The van der Waals surface area contributed by atoms with Gasteiger partial charge in [0, 0.05) is 11.7 Å². The van der Waals surface area contributed by atoms with Gasteiger partial charge in [0.25, 0.3) is 5.56 Å². The summed E-state index contributed by atoms with van der Waals surface area (Å²) in [5, 5.41) is 0.641. The SMILES string of the molecule is CC(C)(C)n1ccc2c(=O)[nH]cnc21. The second kappa shape index (κ2) is 2.70. The van der Waals surface area contributed by atoms with E-state index in [0.717, 1.165) is 5.65 Å². The van der Waals surface area contributed by atoms with Crippen molar-refractivity contribution >= 4 is 11.0 Å². The van der Waals surface area contributed by atoms with E-state index in [1.165, 1.54) is 6.33 Å². The third-order valence-corrected chi connectivity index (χ3v) is 2.21. The van der Waals surface area contributed by atoms with Gasteiger partial charge in [-0.2, -0.15) is 0 Å². The monoisotopic (exact) mass is 191 g/mol. The molecule has 0 saturated carbocycles. The number of nitrogens with zero attached hydrogens (tertiary/aromatic N) is 2. The Bertz CT molecular complexity index is 516. The Morgan fingerprint density at radius 2 is 2.14 bits per heavy atom. The zero-order valence-corrected chi connectivity index (χ0v) is 8.53. The first-order chi connectivity index (χ1) is 6.50. The molecule has 0 aromatic carbocycles. The first-order valence-corrected chi connectivity index (χ1v) is 4.55. The van der Waals surface area contributed by atoms with Gasteiger partial charge in [0.1, 0.15) is 5.65 Å². The van der Waals surface area contributed by atoms with Crippen LogP contribution in [0.1, 0.15) is 20.8 Å². The summed E-state index contributed by atoms with van der Waals surface area (Å²) in [7, 11) is 0. The second-order valence-electron chi connectivity index (χ2n) is 4.33. The lowest BCUT2D eigenvalue weighted by Gasteiger charge is -2.21. The Morgan fingerprint density at radius 3 is 2.79 bits per heavy atom. The standard InChI is InChI=1S/C10H13N3O/c1-10(2,3)13-5-4-7-8(13)11-6-12-9(7)14/h4-6H,1-3H3,(H,11,12,14). The minimum atomic E-state index is -0.0852. The van der Waals surface area contributed by atoms with Gasteiger partial charge < -0.3 is 9.55 Å². The zero-order valence-electron chi connectivity index (χ0n) is 8.53. The molecule has 2 aromatic rings. The molecule has 74 valence electrons. The van der Waals surface area contributed by atoms with Crippen molar-refractivity contribution < 1.29 is 0 Å². The van der Waals surface area contributed by atoms with Gasteiger partial charge in [0.05, 0.1) is 11.7 Å². The maximum Gasteiger partial charge on any atom is 0.260 e. The largest absolute Gasteiger partial charge is 0.327 e. The first-order valence-electron chi connectivity index (χ1n) is 4.55. The highest BCUT2D eigenvalue weighted by atomic mass is 16.1. The van der Waals surface area contributed by atoms with Gasteiger partial charge in [0.2, 0.25) is 0 Å². The highest BCUT2D eigenvalue weighted by molar-refractivity contribution is 5.74. The van der Waals surface area contributed by atoms with Crippen LogP contribution in [0.4, 0.5) is 0 Å². The molecule has 4 heteroatoms. The van der Waals surface area contributed by atoms with Crippen LogP contribution in [0, 0.1) is 0 Å². The smallest absolute Gasteiger partial charge is 0.260 e. The molecule has 0 bridgehead atoms. The molecule has 0 saturated heterocycles. The number of hydrogen-bond acceptors (Lipinski definition) is 2. The Morgan fingerprint density at radius 1 is 1.43 bits per heavy atom. The Kier molecular flexibility index (Phi) is 1.74. The summed E-state index contributed by atoms with van der Waals surface area (Å²) in [4.78, 5) is 18.1. The van der Waals surface area contributed by atoms with Gasteiger partial charge in [-0.1, -0.05) is 0 Å². The molecule has 2 aromatic heterocycles. The molecular weight excluding hydrogens is 178 g/mol. The topological polar surface area (TPSA) is 50.7 Å². The average molecular weight is 191 g/mol. The quantitative estimate of drug-likeness (QED) is 0.685. The van der Waals surface area contributed by atoms with E-state index in [2.05, 4.69) is 30.7 Å². The van der Waals surface area contributed by atoms with Crippen LogP contribution in [0.25, 0.3) is 11.0 Å². The van der Waals surface area contributed by atoms with E-state index in [4.69, 9.17) is 0 Å². The van der Waals surface area contributed by atoms with Crippen molar-refractivity contribution in [1.29, 1.82) is 0 Å². The predicted molar refractivity (Wildman–Crippen MR) is 55.3 cm³/mol. The van der Waals surface area contributed by atoms with Crippen molar-refractivity contribution in [2.24, 2.45) is 0 Å². The van der Waals surface area contributed by atoms with Crippen LogP contribution in [-0.2, 0) is 5.54 Å². The lowest BCUT2D eigenvalue weighted by atomic mass is 10.1. The molecule has 0 aliphatic carbocycles. The van der Waals surface area contributed by atoms with E-state index in [-0.39, 0.29) is 11.1 Å².